The van der Waals surface area contributed by atoms with Crippen molar-refractivity contribution in [3.05, 3.63) is 35.4 Å². The van der Waals surface area contributed by atoms with Gasteiger partial charge in [-0.15, -0.1) is 0 Å². The number of ether oxygens (including phenoxy) is 1. The number of likely N-dealkylation sites (tertiary alicyclic amines) is 1. The number of amides is 3. The van der Waals surface area contributed by atoms with Crippen LogP contribution in [0.15, 0.2) is 24.3 Å². The van der Waals surface area contributed by atoms with Crippen molar-refractivity contribution in [2.24, 2.45) is 0 Å². The van der Waals surface area contributed by atoms with Crippen LogP contribution in [0.5, 0.6) is 0 Å². The van der Waals surface area contributed by atoms with E-state index in [-0.39, 0.29) is 24.5 Å². The predicted molar refractivity (Wildman–Crippen MR) is 78.1 cm³/mol. The lowest BCUT2D eigenvalue weighted by atomic mass is 10.0. The third-order valence-electron chi connectivity index (χ3n) is 4.07. The topological polar surface area (TPSA) is 66.9 Å². The summed E-state index contributed by atoms with van der Waals surface area (Å²) < 4.78 is 4.68. The van der Waals surface area contributed by atoms with Crippen LogP contribution < -0.4 is 0 Å². The summed E-state index contributed by atoms with van der Waals surface area (Å²) in [5.41, 5.74) is 2.32. The van der Waals surface area contributed by atoms with Gasteiger partial charge in [0.2, 0.25) is 5.91 Å². The Balaban J connectivity index is 1.47. The van der Waals surface area contributed by atoms with Crippen molar-refractivity contribution in [2.75, 3.05) is 19.7 Å². The van der Waals surface area contributed by atoms with Gasteiger partial charge in [-0.05, 0) is 18.9 Å². The molecule has 3 amide bonds. The summed E-state index contributed by atoms with van der Waals surface area (Å²) >= 11 is 0. The molecule has 2 aliphatic heterocycles. The summed E-state index contributed by atoms with van der Waals surface area (Å²) in [7, 11) is 0. The standard InChI is InChI=1S/C16H18N2O4/c1-11-3-2-4-12(7-11)5-6-14(19)17-8-13(9-17)18-15(20)10-22-16(18)21/h2-4,7,13H,5-6,8-10H2,1H3. The first kappa shape index (κ1) is 14.6. The lowest BCUT2D eigenvalue weighted by molar-refractivity contribution is -0.142. The molecule has 2 heterocycles. The van der Waals surface area contributed by atoms with Crippen LogP contribution in [0.4, 0.5) is 4.79 Å². The molecule has 2 fully saturated rings. The average Bonchev–Trinajstić information content (AvgIpc) is 2.76. The van der Waals surface area contributed by atoms with E-state index in [9.17, 15) is 14.4 Å². The summed E-state index contributed by atoms with van der Waals surface area (Å²) in [5, 5.41) is 0. The molecule has 0 N–H and O–H groups in total. The molecule has 1 aromatic rings. The molecule has 0 spiro atoms. The van der Waals surface area contributed by atoms with Gasteiger partial charge in [-0.25, -0.2) is 9.69 Å². The zero-order valence-electron chi connectivity index (χ0n) is 12.4. The number of carbonyl (C=O) groups excluding carboxylic acids is 3. The third kappa shape index (κ3) is 2.81. The van der Waals surface area contributed by atoms with Crippen LogP contribution in [0.2, 0.25) is 0 Å². The highest BCUT2D eigenvalue weighted by atomic mass is 16.6. The van der Waals surface area contributed by atoms with Gasteiger partial charge >= 0.3 is 6.09 Å². The van der Waals surface area contributed by atoms with Crippen molar-refractivity contribution in [2.45, 2.75) is 25.8 Å². The molecule has 116 valence electrons. The summed E-state index contributed by atoms with van der Waals surface area (Å²) in [5.74, 6) is -0.264. The molecule has 0 bridgehead atoms. The predicted octanol–water partition coefficient (Wildman–Crippen LogP) is 1.12. The van der Waals surface area contributed by atoms with Gasteiger partial charge in [0.1, 0.15) is 0 Å². The fourth-order valence-corrected chi connectivity index (χ4v) is 2.82. The third-order valence-corrected chi connectivity index (χ3v) is 4.07. The minimum absolute atomic E-state index is 0.0535. The second-order valence-corrected chi connectivity index (χ2v) is 5.76. The summed E-state index contributed by atoms with van der Waals surface area (Å²) in [6.45, 7) is 2.66. The maximum absolute atomic E-state index is 12.1. The maximum atomic E-state index is 12.1. The Bertz CT molecular complexity index is 606. The van der Waals surface area contributed by atoms with Crippen LogP contribution >= 0.6 is 0 Å². The Morgan fingerprint density at radius 1 is 1.32 bits per heavy atom. The second-order valence-electron chi connectivity index (χ2n) is 5.76. The normalized spacial score (nSPS) is 18.4. The highest BCUT2D eigenvalue weighted by molar-refractivity contribution is 5.98. The molecular formula is C16H18N2O4. The van der Waals surface area contributed by atoms with Crippen LogP contribution in [-0.2, 0) is 20.7 Å². The number of imide groups is 1. The number of carbonyl (C=O) groups is 3. The SMILES string of the molecule is Cc1cccc(CCC(=O)N2CC(N3C(=O)COC3=O)C2)c1. The number of hydrogen-bond acceptors (Lipinski definition) is 4. The first-order chi connectivity index (χ1) is 10.5. The van der Waals surface area contributed by atoms with Crippen LogP contribution in [0.1, 0.15) is 17.5 Å². The van der Waals surface area contributed by atoms with Crippen LogP contribution in [-0.4, -0.2) is 53.4 Å². The Morgan fingerprint density at radius 3 is 2.73 bits per heavy atom. The fourth-order valence-electron chi connectivity index (χ4n) is 2.82. The number of cyclic esters (lactones) is 1. The highest BCUT2D eigenvalue weighted by Gasteiger charge is 2.44. The lowest BCUT2D eigenvalue weighted by Crippen LogP contribution is -2.62. The number of nitrogens with zero attached hydrogens (tertiary/aromatic N) is 2. The molecule has 2 aliphatic rings. The molecule has 0 radical (unpaired) electrons. The van der Waals surface area contributed by atoms with E-state index in [1.54, 1.807) is 4.90 Å². The lowest BCUT2D eigenvalue weighted by Gasteiger charge is -2.42. The Kier molecular flexibility index (Phi) is 3.83. The number of hydrogen-bond donors (Lipinski definition) is 0. The summed E-state index contributed by atoms with van der Waals surface area (Å²) in [6, 6.07) is 7.87. The molecule has 22 heavy (non-hydrogen) atoms. The molecule has 1 aromatic carbocycles. The van der Waals surface area contributed by atoms with E-state index in [2.05, 4.69) is 10.8 Å². The van der Waals surface area contributed by atoms with Gasteiger partial charge in [0, 0.05) is 19.5 Å². The number of rotatable bonds is 4. The van der Waals surface area contributed by atoms with Crippen LogP contribution in [0.3, 0.4) is 0 Å². The van der Waals surface area contributed by atoms with Gasteiger partial charge in [0.05, 0.1) is 6.04 Å². The van der Waals surface area contributed by atoms with E-state index in [0.717, 1.165) is 10.5 Å². The molecule has 0 atom stereocenters. The van der Waals surface area contributed by atoms with Crippen molar-refractivity contribution in [1.82, 2.24) is 9.80 Å². The van der Waals surface area contributed by atoms with Gasteiger partial charge in [-0.3, -0.25) is 9.59 Å². The van der Waals surface area contributed by atoms with E-state index < -0.39 is 6.09 Å². The Hall–Kier alpha value is -2.37. The Morgan fingerprint density at radius 2 is 2.09 bits per heavy atom. The van der Waals surface area contributed by atoms with E-state index in [1.165, 1.54) is 5.56 Å². The van der Waals surface area contributed by atoms with Gasteiger partial charge in [-0.1, -0.05) is 29.8 Å². The summed E-state index contributed by atoms with van der Waals surface area (Å²) in [6.07, 6.45) is 0.544. The number of benzene rings is 1. The molecule has 0 aromatic heterocycles. The molecule has 6 nitrogen and oxygen atoms in total. The van der Waals surface area contributed by atoms with Crippen LogP contribution in [0, 0.1) is 6.92 Å². The minimum atomic E-state index is -0.596. The van der Waals surface area contributed by atoms with E-state index in [1.807, 2.05) is 25.1 Å². The average molecular weight is 302 g/mol. The zero-order valence-corrected chi connectivity index (χ0v) is 12.4. The van der Waals surface area contributed by atoms with E-state index >= 15 is 0 Å². The fraction of sp³-hybridized carbons (Fsp3) is 0.438. The van der Waals surface area contributed by atoms with E-state index in [0.29, 0.717) is 25.9 Å². The summed E-state index contributed by atoms with van der Waals surface area (Å²) in [4.78, 5) is 37.9. The quantitative estimate of drug-likeness (QED) is 0.836. The van der Waals surface area contributed by atoms with Crippen molar-refractivity contribution in [1.29, 1.82) is 0 Å². The van der Waals surface area contributed by atoms with Crippen LogP contribution in [0.25, 0.3) is 0 Å². The van der Waals surface area contributed by atoms with Gasteiger partial charge in [-0.2, -0.15) is 0 Å². The van der Waals surface area contributed by atoms with Gasteiger partial charge in [0.15, 0.2) is 6.61 Å². The second kappa shape index (κ2) is 5.79. The molecule has 6 heteroatoms. The first-order valence-electron chi connectivity index (χ1n) is 7.37. The molecular weight excluding hydrogens is 284 g/mol. The van der Waals surface area contributed by atoms with E-state index in [4.69, 9.17) is 0 Å². The molecule has 0 unspecified atom stereocenters. The molecule has 2 saturated heterocycles. The van der Waals surface area contributed by atoms with Crippen molar-refractivity contribution < 1.29 is 19.1 Å². The zero-order chi connectivity index (χ0) is 15.7. The van der Waals surface area contributed by atoms with Gasteiger partial charge in [0.25, 0.3) is 5.91 Å². The first-order valence-corrected chi connectivity index (χ1v) is 7.37. The smallest absolute Gasteiger partial charge is 0.417 e. The van der Waals surface area contributed by atoms with Gasteiger partial charge < -0.3 is 9.64 Å². The molecule has 3 rings (SSSR count). The number of aryl methyl sites for hydroxylation is 2. The Labute approximate surface area is 128 Å². The van der Waals surface area contributed by atoms with Crippen molar-refractivity contribution in [3.8, 4) is 0 Å². The highest BCUT2D eigenvalue weighted by Crippen LogP contribution is 2.20. The maximum Gasteiger partial charge on any atom is 0.417 e. The molecule has 0 aliphatic carbocycles. The van der Waals surface area contributed by atoms with Crippen molar-refractivity contribution in [3.63, 3.8) is 0 Å². The molecule has 0 saturated carbocycles. The monoisotopic (exact) mass is 302 g/mol. The minimum Gasteiger partial charge on any atom is -0.439 e. The largest absolute Gasteiger partial charge is 0.439 e. The van der Waals surface area contributed by atoms with Crippen molar-refractivity contribution >= 4 is 17.9 Å².